The monoisotopic (exact) mass is 560 g/mol. The first-order chi connectivity index (χ1) is 12.8. The zero-order valence-corrected chi connectivity index (χ0v) is 19.1. The van der Waals surface area contributed by atoms with Crippen molar-refractivity contribution in [2.45, 2.75) is 12.5 Å². The summed E-state index contributed by atoms with van der Waals surface area (Å²) in [6, 6.07) is 9.16. The normalized spacial score (nSPS) is 16.5. The highest BCUT2D eigenvalue weighted by Gasteiger charge is 2.36. The van der Waals surface area contributed by atoms with Crippen LogP contribution in [0.1, 0.15) is 11.1 Å². The van der Waals surface area contributed by atoms with Gasteiger partial charge >= 0.3 is 5.97 Å². The number of hydrogen-bond acceptors (Lipinski definition) is 5. The van der Waals surface area contributed by atoms with Gasteiger partial charge in [0, 0.05) is 12.0 Å². The van der Waals surface area contributed by atoms with Gasteiger partial charge in [-0.2, -0.15) is 0 Å². The van der Waals surface area contributed by atoms with Crippen LogP contribution in [0.25, 0.3) is 5.57 Å². The van der Waals surface area contributed by atoms with E-state index in [0.717, 1.165) is 15.8 Å². The molecule has 0 bridgehead atoms. The second-order valence-corrected chi connectivity index (χ2v) is 8.37. The molecule has 27 heavy (non-hydrogen) atoms. The average Bonchev–Trinajstić information content (AvgIpc) is 2.94. The lowest BCUT2D eigenvalue weighted by molar-refractivity contribution is -0.142. The molecule has 0 unspecified atom stereocenters. The largest absolute Gasteiger partial charge is 0.506 e. The lowest BCUT2D eigenvalue weighted by atomic mass is 9.95. The molecule has 8 heteroatoms. The van der Waals surface area contributed by atoms with Crippen LogP contribution >= 0.6 is 47.8 Å². The molecule has 5 nitrogen and oxygen atoms in total. The Labute approximate surface area is 181 Å². The van der Waals surface area contributed by atoms with E-state index in [1.165, 1.54) is 7.11 Å². The lowest BCUT2D eigenvalue weighted by Crippen LogP contribution is -2.15. The molecule has 0 amide bonds. The van der Waals surface area contributed by atoms with Crippen molar-refractivity contribution < 1.29 is 24.1 Å². The highest BCUT2D eigenvalue weighted by atomic mass is 79.9. The Morgan fingerprint density at radius 1 is 1.04 bits per heavy atom. The van der Waals surface area contributed by atoms with Crippen molar-refractivity contribution in [1.82, 2.24) is 0 Å². The Hall–Kier alpha value is -1.51. The van der Waals surface area contributed by atoms with Crippen molar-refractivity contribution in [3.8, 4) is 11.5 Å². The summed E-state index contributed by atoms with van der Waals surface area (Å²) in [5.41, 5.74) is 2.31. The summed E-state index contributed by atoms with van der Waals surface area (Å²) in [7, 11) is 3.04. The smallest absolute Gasteiger partial charge is 0.374 e. The second kappa shape index (κ2) is 8.24. The van der Waals surface area contributed by atoms with Crippen LogP contribution in [0, 0.1) is 0 Å². The van der Waals surface area contributed by atoms with E-state index in [4.69, 9.17) is 14.2 Å². The number of phenolic OH excluding ortho intramolecular Hbond substituents is 1. The number of ether oxygens (including phenoxy) is 3. The Bertz CT molecular complexity index is 916. The zero-order valence-electron chi connectivity index (χ0n) is 14.4. The fraction of sp³-hybridized carbons (Fsp3) is 0.211. The number of phenols is 1. The number of benzene rings is 2. The Morgan fingerprint density at radius 3 is 2.26 bits per heavy atom. The fourth-order valence-corrected chi connectivity index (χ4v) is 4.70. The molecule has 1 aliphatic rings. The van der Waals surface area contributed by atoms with Gasteiger partial charge in [-0.25, -0.2) is 4.79 Å². The van der Waals surface area contributed by atoms with Crippen molar-refractivity contribution in [3.05, 3.63) is 60.6 Å². The summed E-state index contributed by atoms with van der Waals surface area (Å²) in [6.45, 7) is 0. The van der Waals surface area contributed by atoms with Crippen molar-refractivity contribution in [2.75, 3.05) is 14.2 Å². The highest BCUT2D eigenvalue weighted by Crippen LogP contribution is 2.40. The predicted octanol–water partition coefficient (Wildman–Crippen LogP) is 5.21. The van der Waals surface area contributed by atoms with E-state index in [1.807, 2.05) is 18.2 Å². The number of cyclic esters (lactones) is 1. The average molecular weight is 563 g/mol. The quantitative estimate of drug-likeness (QED) is 0.507. The number of hydrogen-bond donors (Lipinski definition) is 1. The summed E-state index contributed by atoms with van der Waals surface area (Å²) in [6.07, 6.45) is -0.0526. The van der Waals surface area contributed by atoms with Crippen molar-refractivity contribution in [3.63, 3.8) is 0 Å². The number of rotatable bonds is 5. The number of carbonyl (C=O) groups excluding carboxylic acids is 1. The van der Waals surface area contributed by atoms with Gasteiger partial charge in [0.2, 0.25) is 5.76 Å². The molecule has 0 saturated carbocycles. The van der Waals surface area contributed by atoms with Crippen LogP contribution in [0.15, 0.2) is 49.5 Å². The van der Waals surface area contributed by atoms with Crippen molar-refractivity contribution in [1.29, 1.82) is 0 Å². The molecule has 1 N–H and O–H groups in total. The van der Waals surface area contributed by atoms with Crippen LogP contribution in [-0.4, -0.2) is 31.4 Å². The molecule has 2 aromatic carbocycles. The minimum Gasteiger partial charge on any atom is -0.506 e. The van der Waals surface area contributed by atoms with Gasteiger partial charge in [0.25, 0.3) is 0 Å². The van der Waals surface area contributed by atoms with Gasteiger partial charge < -0.3 is 19.3 Å². The molecule has 142 valence electrons. The first kappa shape index (κ1) is 20.2. The molecular formula is C19H15Br3O5. The first-order valence-corrected chi connectivity index (χ1v) is 10.2. The Morgan fingerprint density at radius 2 is 1.70 bits per heavy atom. The molecule has 0 saturated heterocycles. The minimum absolute atomic E-state index is 0.0826. The number of carbonyl (C=O) groups is 1. The molecule has 0 spiro atoms. The minimum atomic E-state index is -0.518. The van der Waals surface area contributed by atoms with E-state index in [1.54, 1.807) is 19.2 Å². The number of methoxy groups -OCH3 is 2. The molecular weight excluding hydrogens is 548 g/mol. The maximum absolute atomic E-state index is 12.3. The Balaban J connectivity index is 2.01. The van der Waals surface area contributed by atoms with Gasteiger partial charge in [-0.1, -0.05) is 6.07 Å². The third-order valence-electron chi connectivity index (χ3n) is 4.17. The van der Waals surface area contributed by atoms with Gasteiger partial charge in [-0.05, 0) is 83.2 Å². The third-order valence-corrected chi connectivity index (χ3v) is 6.00. The Kier molecular flexibility index (Phi) is 6.18. The van der Waals surface area contributed by atoms with Gasteiger partial charge in [-0.3, -0.25) is 0 Å². The summed E-state index contributed by atoms with van der Waals surface area (Å²) in [5.74, 6) is 0.462. The molecule has 0 aliphatic carbocycles. The first-order valence-electron chi connectivity index (χ1n) is 7.85. The zero-order chi connectivity index (χ0) is 19.7. The van der Waals surface area contributed by atoms with Crippen molar-refractivity contribution >= 4 is 59.3 Å². The van der Waals surface area contributed by atoms with E-state index < -0.39 is 12.1 Å². The maximum Gasteiger partial charge on any atom is 0.374 e. The summed E-state index contributed by atoms with van der Waals surface area (Å²) in [5, 5.41) is 9.97. The molecule has 1 heterocycles. The molecule has 3 rings (SSSR count). The van der Waals surface area contributed by atoms with E-state index in [0.29, 0.717) is 26.5 Å². The highest BCUT2D eigenvalue weighted by molar-refractivity contribution is 9.11. The second-order valence-electron chi connectivity index (χ2n) is 5.80. The predicted molar refractivity (Wildman–Crippen MR) is 112 cm³/mol. The third kappa shape index (κ3) is 4.02. The SMILES string of the molecule is COC1=C(c2cc(Br)c(O)c(Br)c2)[C@H](Cc2ccc(OC)c(Br)c2)OC1=O. The molecule has 0 aromatic heterocycles. The summed E-state index contributed by atoms with van der Waals surface area (Å²) < 4.78 is 17.9. The standard InChI is InChI=1S/C19H15Br3O5/c1-25-14-4-3-9(5-11(14)20)6-15-16(18(26-2)19(24)27-15)10-7-12(21)17(23)13(22)8-10/h3-5,7-8,15,23H,6H2,1-2H3/t15-/m0/s1. The molecule has 1 atom stereocenters. The van der Waals surface area contributed by atoms with Crippen LogP contribution in [0.2, 0.25) is 0 Å². The van der Waals surface area contributed by atoms with E-state index in [-0.39, 0.29) is 11.5 Å². The van der Waals surface area contributed by atoms with E-state index in [2.05, 4.69) is 47.8 Å². The van der Waals surface area contributed by atoms with Gasteiger partial charge in [0.15, 0.2) is 0 Å². The van der Waals surface area contributed by atoms with Crippen LogP contribution < -0.4 is 4.74 Å². The fourth-order valence-electron chi connectivity index (χ4n) is 2.92. The topological polar surface area (TPSA) is 65.0 Å². The summed E-state index contributed by atoms with van der Waals surface area (Å²) in [4.78, 5) is 12.3. The molecule has 0 radical (unpaired) electrons. The molecule has 2 aromatic rings. The number of esters is 1. The van der Waals surface area contributed by atoms with Crippen LogP contribution in [-0.2, 0) is 20.7 Å². The lowest BCUT2D eigenvalue weighted by Gasteiger charge is -2.16. The maximum atomic E-state index is 12.3. The van der Waals surface area contributed by atoms with Crippen LogP contribution in [0.5, 0.6) is 11.5 Å². The van der Waals surface area contributed by atoms with Gasteiger partial charge in [-0.15, -0.1) is 0 Å². The van der Waals surface area contributed by atoms with Crippen molar-refractivity contribution in [2.24, 2.45) is 0 Å². The molecule has 0 fully saturated rings. The van der Waals surface area contributed by atoms with Gasteiger partial charge in [0.1, 0.15) is 17.6 Å². The number of aromatic hydroxyl groups is 1. The number of halogens is 3. The van der Waals surface area contributed by atoms with Gasteiger partial charge in [0.05, 0.1) is 27.6 Å². The summed E-state index contributed by atoms with van der Waals surface area (Å²) >= 11 is 10.1. The molecule has 1 aliphatic heterocycles. The van der Waals surface area contributed by atoms with E-state index >= 15 is 0 Å². The van der Waals surface area contributed by atoms with Crippen LogP contribution in [0.3, 0.4) is 0 Å². The van der Waals surface area contributed by atoms with E-state index in [9.17, 15) is 9.90 Å². The van der Waals surface area contributed by atoms with Crippen LogP contribution in [0.4, 0.5) is 0 Å².